The Labute approximate surface area is 131 Å². The Morgan fingerprint density at radius 2 is 2.05 bits per heavy atom. The molecule has 0 bridgehead atoms. The smallest absolute Gasteiger partial charge is 0.226 e. The number of pyridine rings is 1. The summed E-state index contributed by atoms with van der Waals surface area (Å²) in [7, 11) is 1.57. The van der Waals surface area contributed by atoms with Crippen LogP contribution in [0.2, 0.25) is 5.02 Å². The van der Waals surface area contributed by atoms with Gasteiger partial charge in [-0.05, 0) is 46.6 Å². The van der Waals surface area contributed by atoms with Crippen molar-refractivity contribution in [2.45, 2.75) is 11.8 Å². The highest BCUT2D eigenvalue weighted by atomic mass is 79.9. The quantitative estimate of drug-likeness (QED) is 0.585. The van der Waals surface area contributed by atoms with Gasteiger partial charge in [0.15, 0.2) is 0 Å². The van der Waals surface area contributed by atoms with Crippen LogP contribution in [0.3, 0.4) is 0 Å². The third-order valence-corrected chi connectivity index (χ3v) is 3.23. The number of halogens is 2. The third kappa shape index (κ3) is 5.30. The molecule has 3 nitrogen and oxygen atoms in total. The number of nitrogens with zero attached hydrogens (tertiary/aromatic N) is 1. The Hall–Kier alpha value is -0.910. The molecule has 102 valence electrons. The zero-order chi connectivity index (χ0) is 14.4. The van der Waals surface area contributed by atoms with Crippen LogP contribution in [0.5, 0.6) is 5.88 Å². The first-order valence-corrected chi connectivity index (χ1v) is 6.96. The molecule has 2 rings (SSSR count). The van der Waals surface area contributed by atoms with Gasteiger partial charge in [-0.1, -0.05) is 17.7 Å². The fraction of sp³-hybridized carbons (Fsp3) is 0.154. The number of benzene rings is 1. The molecule has 0 aliphatic carbocycles. The molecule has 0 atom stereocenters. The average molecular weight is 362 g/mol. The monoisotopic (exact) mass is 360 g/mol. The van der Waals surface area contributed by atoms with E-state index < -0.39 is 0 Å². The Kier molecular flexibility index (Phi) is 6.48. The van der Waals surface area contributed by atoms with Gasteiger partial charge in [0.25, 0.3) is 0 Å². The van der Waals surface area contributed by atoms with Crippen LogP contribution in [-0.4, -0.2) is 12.1 Å². The van der Waals surface area contributed by atoms with Crippen LogP contribution < -0.4 is 10.5 Å². The fourth-order valence-corrected chi connectivity index (χ4v) is 2.24. The summed E-state index contributed by atoms with van der Waals surface area (Å²) in [6.07, 6.45) is 1.67. The minimum atomic E-state index is 0.548. The van der Waals surface area contributed by atoms with Gasteiger partial charge < -0.3 is 10.5 Å². The van der Waals surface area contributed by atoms with Gasteiger partial charge >= 0.3 is 0 Å². The number of hydrogen-bond donors (Lipinski definition) is 2. The molecule has 2 aromatic rings. The molecule has 0 radical (unpaired) electrons. The summed E-state index contributed by atoms with van der Waals surface area (Å²) >= 11 is 13.1. The number of rotatable bonds is 1. The highest BCUT2D eigenvalue weighted by molar-refractivity contribution is 9.10. The molecule has 1 aromatic carbocycles. The second-order valence-corrected chi connectivity index (χ2v) is 5.51. The number of methoxy groups -OCH3 is 1. The van der Waals surface area contributed by atoms with Gasteiger partial charge in [-0.15, -0.1) is 12.6 Å². The summed E-state index contributed by atoms with van der Waals surface area (Å²) in [6.45, 7) is 1.98. The number of aryl methyl sites for hydroxylation is 1. The van der Waals surface area contributed by atoms with Gasteiger partial charge in [-0.3, -0.25) is 0 Å². The second kappa shape index (κ2) is 7.62. The number of aromatic nitrogens is 1. The topological polar surface area (TPSA) is 48.1 Å². The van der Waals surface area contributed by atoms with Crippen molar-refractivity contribution in [2.24, 2.45) is 0 Å². The fourth-order valence-electron chi connectivity index (χ4n) is 1.21. The zero-order valence-corrected chi connectivity index (χ0v) is 13.8. The minimum Gasteiger partial charge on any atom is -0.480 e. The summed E-state index contributed by atoms with van der Waals surface area (Å²) < 4.78 is 5.79. The Bertz CT molecular complexity index is 566. The molecular formula is C13H14BrClN2OS. The van der Waals surface area contributed by atoms with Crippen LogP contribution in [0.15, 0.2) is 39.8 Å². The predicted octanol–water partition coefficient (Wildman–Crippen LogP) is 4.37. The Balaban J connectivity index is 0.000000191. The minimum absolute atomic E-state index is 0.548. The molecule has 0 amide bonds. The highest BCUT2D eigenvalue weighted by Crippen LogP contribution is 2.22. The zero-order valence-electron chi connectivity index (χ0n) is 10.5. The number of thiol groups is 1. The average Bonchev–Trinajstić information content (AvgIpc) is 2.35. The molecular weight excluding hydrogens is 348 g/mol. The van der Waals surface area contributed by atoms with E-state index in [2.05, 4.69) is 33.5 Å². The lowest BCUT2D eigenvalue weighted by Gasteiger charge is -2.00. The lowest BCUT2D eigenvalue weighted by molar-refractivity contribution is 0.387. The molecule has 0 unspecified atom stereocenters. The van der Waals surface area contributed by atoms with E-state index in [4.69, 9.17) is 22.1 Å². The number of nitrogen functional groups attached to an aromatic ring is 1. The predicted molar refractivity (Wildman–Crippen MR) is 86.3 cm³/mol. The summed E-state index contributed by atoms with van der Waals surface area (Å²) in [5.41, 5.74) is 7.23. The van der Waals surface area contributed by atoms with Gasteiger partial charge in [0, 0.05) is 10.7 Å². The van der Waals surface area contributed by atoms with Crippen molar-refractivity contribution < 1.29 is 4.74 Å². The number of ether oxygens (including phenoxy) is 1. The van der Waals surface area contributed by atoms with Crippen LogP contribution in [0.4, 0.5) is 5.69 Å². The summed E-state index contributed by atoms with van der Waals surface area (Å²) in [6, 6.07) is 7.41. The van der Waals surface area contributed by atoms with Crippen LogP contribution >= 0.6 is 40.2 Å². The van der Waals surface area contributed by atoms with Crippen molar-refractivity contribution in [1.29, 1.82) is 0 Å². The van der Waals surface area contributed by atoms with E-state index in [1.165, 1.54) is 0 Å². The molecule has 0 aliphatic rings. The molecule has 0 fully saturated rings. The normalized spacial score (nSPS) is 9.53. The van der Waals surface area contributed by atoms with Gasteiger partial charge in [-0.25, -0.2) is 4.98 Å². The van der Waals surface area contributed by atoms with E-state index in [-0.39, 0.29) is 0 Å². The molecule has 0 saturated carbocycles. The van der Waals surface area contributed by atoms with Crippen molar-refractivity contribution in [3.8, 4) is 5.88 Å². The summed E-state index contributed by atoms with van der Waals surface area (Å²) in [5, 5.41) is 0.634. The molecule has 0 spiro atoms. The van der Waals surface area contributed by atoms with Crippen molar-refractivity contribution >= 4 is 45.8 Å². The first-order valence-electron chi connectivity index (χ1n) is 5.34. The maximum absolute atomic E-state index is 5.69. The van der Waals surface area contributed by atoms with Gasteiger partial charge in [0.1, 0.15) is 0 Å². The van der Waals surface area contributed by atoms with E-state index >= 15 is 0 Å². The Morgan fingerprint density at radius 3 is 2.53 bits per heavy atom. The van der Waals surface area contributed by atoms with Crippen LogP contribution in [0.25, 0.3) is 0 Å². The van der Waals surface area contributed by atoms with Crippen LogP contribution in [0, 0.1) is 6.92 Å². The summed E-state index contributed by atoms with van der Waals surface area (Å²) in [5.74, 6) is 0.548. The van der Waals surface area contributed by atoms with Crippen molar-refractivity contribution in [2.75, 3.05) is 12.8 Å². The molecule has 19 heavy (non-hydrogen) atoms. The highest BCUT2D eigenvalue weighted by Gasteiger charge is 1.98. The summed E-state index contributed by atoms with van der Waals surface area (Å²) in [4.78, 5) is 4.68. The van der Waals surface area contributed by atoms with Crippen molar-refractivity contribution in [1.82, 2.24) is 4.98 Å². The first-order chi connectivity index (χ1) is 8.93. The largest absolute Gasteiger partial charge is 0.480 e. The maximum atomic E-state index is 5.69. The van der Waals surface area contributed by atoms with E-state index in [9.17, 15) is 0 Å². The molecule has 2 N–H and O–H groups in total. The van der Waals surface area contributed by atoms with Crippen molar-refractivity contribution in [3.05, 3.63) is 45.5 Å². The van der Waals surface area contributed by atoms with E-state index in [1.54, 1.807) is 19.4 Å². The van der Waals surface area contributed by atoms with Gasteiger partial charge in [0.05, 0.1) is 22.7 Å². The molecule has 1 aromatic heterocycles. The van der Waals surface area contributed by atoms with Gasteiger partial charge in [0.2, 0.25) is 5.88 Å². The lowest BCUT2D eigenvalue weighted by Crippen LogP contribution is -1.87. The number of nitrogens with two attached hydrogens (primary N) is 1. The van der Waals surface area contributed by atoms with Crippen LogP contribution in [-0.2, 0) is 0 Å². The van der Waals surface area contributed by atoms with Gasteiger partial charge in [-0.2, -0.15) is 0 Å². The van der Waals surface area contributed by atoms with E-state index in [0.29, 0.717) is 16.6 Å². The Morgan fingerprint density at radius 1 is 1.37 bits per heavy atom. The standard InChI is InChI=1S/C7H8ClN.C6H6BrNOS/c1-5-2-3-7(9)6(8)4-5;1-9-6-5(10)2-4(7)3-8-6/h2-4H,9H2,1H3;2-3,10H,1H3. The van der Waals surface area contributed by atoms with Crippen molar-refractivity contribution in [3.63, 3.8) is 0 Å². The number of hydrogen-bond acceptors (Lipinski definition) is 4. The molecule has 1 heterocycles. The molecule has 0 saturated heterocycles. The maximum Gasteiger partial charge on any atom is 0.226 e. The SMILES string of the molecule is COc1ncc(Br)cc1S.Cc1ccc(N)c(Cl)c1. The molecule has 6 heteroatoms. The molecule has 0 aliphatic heterocycles. The van der Waals surface area contributed by atoms with E-state index in [1.807, 2.05) is 25.1 Å². The first kappa shape index (κ1) is 16.1. The van der Waals surface area contributed by atoms with Crippen LogP contribution in [0.1, 0.15) is 5.56 Å². The lowest BCUT2D eigenvalue weighted by atomic mass is 10.2. The van der Waals surface area contributed by atoms with E-state index in [0.717, 1.165) is 14.9 Å². The number of anilines is 1. The second-order valence-electron chi connectivity index (χ2n) is 3.71. The third-order valence-electron chi connectivity index (χ3n) is 2.15.